The number of guanidine groups is 1. The van der Waals surface area contributed by atoms with Crippen LogP contribution in [0.2, 0.25) is 0 Å². The van der Waals surface area contributed by atoms with E-state index >= 15 is 0 Å². The monoisotopic (exact) mass is 361 g/mol. The molecular weight excluding hydrogens is 342 g/mol. The lowest BCUT2D eigenvalue weighted by molar-refractivity contribution is 0.417. The summed E-state index contributed by atoms with van der Waals surface area (Å²) in [7, 11) is 1.63. The summed E-state index contributed by atoms with van der Waals surface area (Å²) >= 11 is 3.48. The maximum atomic E-state index is 5.91. The van der Waals surface area contributed by atoms with Crippen molar-refractivity contribution >= 4 is 27.6 Å². The molecule has 2 aromatic rings. The first kappa shape index (κ1) is 16.4. The van der Waals surface area contributed by atoms with Crippen LogP contribution in [-0.4, -0.2) is 19.6 Å². The van der Waals surface area contributed by atoms with Crippen LogP contribution in [-0.2, 0) is 6.42 Å². The third-order valence-corrected chi connectivity index (χ3v) is 3.66. The molecule has 0 aliphatic carbocycles. The standard InChI is InChI=1S/C17H20BrN3O/c1-22-16-10-3-2-9-15(16)21-17(19)20-11-5-7-13-6-4-8-14(18)12-13/h2-4,6,8-10,12H,5,7,11H2,1H3,(H3,19,20,21). The molecule has 0 saturated carbocycles. The number of hydrogen-bond acceptors (Lipinski definition) is 2. The number of nitrogens with two attached hydrogens (primary N) is 1. The van der Waals surface area contributed by atoms with Crippen LogP contribution < -0.4 is 15.8 Å². The number of benzene rings is 2. The largest absolute Gasteiger partial charge is 0.495 e. The van der Waals surface area contributed by atoms with Gasteiger partial charge in [0.25, 0.3) is 0 Å². The fourth-order valence-electron chi connectivity index (χ4n) is 2.10. The van der Waals surface area contributed by atoms with Crippen LogP contribution in [0.4, 0.5) is 5.69 Å². The van der Waals surface area contributed by atoms with Crippen LogP contribution in [0, 0.1) is 0 Å². The molecule has 0 saturated heterocycles. The maximum Gasteiger partial charge on any atom is 0.193 e. The SMILES string of the molecule is COc1ccccc1NC(N)=NCCCc1cccc(Br)c1. The van der Waals surface area contributed by atoms with Gasteiger partial charge in [0, 0.05) is 11.0 Å². The second-order valence-electron chi connectivity index (χ2n) is 4.83. The van der Waals surface area contributed by atoms with Crippen molar-refractivity contribution in [1.29, 1.82) is 0 Å². The highest BCUT2D eigenvalue weighted by molar-refractivity contribution is 9.10. The molecule has 2 rings (SSSR count). The molecule has 4 nitrogen and oxygen atoms in total. The minimum Gasteiger partial charge on any atom is -0.495 e. The molecule has 5 heteroatoms. The lowest BCUT2D eigenvalue weighted by Gasteiger charge is -2.10. The van der Waals surface area contributed by atoms with E-state index in [-0.39, 0.29) is 0 Å². The highest BCUT2D eigenvalue weighted by atomic mass is 79.9. The van der Waals surface area contributed by atoms with Crippen molar-refractivity contribution in [2.24, 2.45) is 10.7 Å². The van der Waals surface area contributed by atoms with Crippen LogP contribution in [0.25, 0.3) is 0 Å². The number of hydrogen-bond donors (Lipinski definition) is 2. The molecule has 0 aliphatic heterocycles. The third-order valence-electron chi connectivity index (χ3n) is 3.16. The number of halogens is 1. The van der Waals surface area contributed by atoms with Gasteiger partial charge in [0.2, 0.25) is 0 Å². The van der Waals surface area contributed by atoms with Gasteiger partial charge in [-0.1, -0.05) is 40.2 Å². The number of aryl methyl sites for hydroxylation is 1. The summed E-state index contributed by atoms with van der Waals surface area (Å²) in [6.07, 6.45) is 1.93. The predicted octanol–water partition coefficient (Wildman–Crippen LogP) is 3.82. The zero-order valence-corrected chi connectivity index (χ0v) is 14.1. The molecule has 0 aromatic heterocycles. The summed E-state index contributed by atoms with van der Waals surface area (Å²) in [6.45, 7) is 0.681. The van der Waals surface area contributed by atoms with Crippen LogP contribution >= 0.6 is 15.9 Å². The van der Waals surface area contributed by atoms with Gasteiger partial charge in [-0.3, -0.25) is 4.99 Å². The molecule has 0 aliphatic rings. The van der Waals surface area contributed by atoms with Crippen molar-refractivity contribution in [3.8, 4) is 5.75 Å². The first-order valence-corrected chi connectivity index (χ1v) is 7.93. The normalized spacial score (nSPS) is 11.3. The molecule has 2 aromatic carbocycles. The summed E-state index contributed by atoms with van der Waals surface area (Å²) in [5.41, 5.74) is 8.02. The van der Waals surface area contributed by atoms with Crippen molar-refractivity contribution in [2.45, 2.75) is 12.8 Å². The fraction of sp³-hybridized carbons (Fsp3) is 0.235. The Morgan fingerprint density at radius 3 is 2.82 bits per heavy atom. The van der Waals surface area contributed by atoms with Gasteiger partial charge < -0.3 is 15.8 Å². The topological polar surface area (TPSA) is 59.6 Å². The van der Waals surface area contributed by atoms with Gasteiger partial charge in [-0.2, -0.15) is 0 Å². The summed E-state index contributed by atoms with van der Waals surface area (Å²) in [5, 5.41) is 3.06. The van der Waals surface area contributed by atoms with Crippen LogP contribution in [0.15, 0.2) is 58.0 Å². The molecule has 0 spiro atoms. The summed E-state index contributed by atoms with van der Waals surface area (Å²) in [4.78, 5) is 4.35. The highest BCUT2D eigenvalue weighted by Crippen LogP contribution is 2.22. The van der Waals surface area contributed by atoms with Crippen LogP contribution in [0.5, 0.6) is 5.75 Å². The van der Waals surface area contributed by atoms with E-state index in [1.54, 1.807) is 7.11 Å². The Balaban J connectivity index is 1.83. The van der Waals surface area contributed by atoms with Gasteiger partial charge in [-0.05, 0) is 42.7 Å². The minimum absolute atomic E-state index is 0.402. The Kier molecular flexibility index (Phi) is 6.27. The van der Waals surface area contributed by atoms with E-state index < -0.39 is 0 Å². The zero-order chi connectivity index (χ0) is 15.8. The minimum atomic E-state index is 0.402. The van der Waals surface area contributed by atoms with Gasteiger partial charge in [0.15, 0.2) is 5.96 Å². The number of aliphatic imine (C=N–C) groups is 1. The molecule has 0 heterocycles. The fourth-order valence-corrected chi connectivity index (χ4v) is 2.55. The van der Waals surface area contributed by atoms with E-state index in [0.717, 1.165) is 28.8 Å². The van der Waals surface area contributed by atoms with Crippen molar-refractivity contribution in [2.75, 3.05) is 19.0 Å². The summed E-state index contributed by atoms with van der Waals surface area (Å²) in [6, 6.07) is 15.9. The second kappa shape index (κ2) is 8.44. The molecule has 3 N–H and O–H groups in total. The van der Waals surface area contributed by atoms with E-state index in [4.69, 9.17) is 10.5 Å². The van der Waals surface area contributed by atoms with E-state index in [0.29, 0.717) is 12.5 Å². The Morgan fingerprint density at radius 2 is 2.05 bits per heavy atom. The number of nitrogens with one attached hydrogen (secondary N) is 1. The Labute approximate surface area is 139 Å². The van der Waals surface area contributed by atoms with Gasteiger partial charge in [-0.15, -0.1) is 0 Å². The first-order valence-electron chi connectivity index (χ1n) is 7.13. The molecule has 0 unspecified atom stereocenters. The van der Waals surface area contributed by atoms with Gasteiger partial charge >= 0.3 is 0 Å². The number of nitrogens with zero attached hydrogens (tertiary/aromatic N) is 1. The molecule has 22 heavy (non-hydrogen) atoms. The summed E-state index contributed by atoms with van der Waals surface area (Å²) < 4.78 is 6.37. The lowest BCUT2D eigenvalue weighted by atomic mass is 10.1. The molecular formula is C17H20BrN3O. The van der Waals surface area contributed by atoms with Crippen LogP contribution in [0.3, 0.4) is 0 Å². The first-order chi connectivity index (χ1) is 10.7. The molecule has 0 bridgehead atoms. The van der Waals surface area contributed by atoms with E-state index in [1.165, 1.54) is 5.56 Å². The summed E-state index contributed by atoms with van der Waals surface area (Å²) in [5.74, 6) is 1.15. The molecule has 0 amide bonds. The van der Waals surface area contributed by atoms with Crippen LogP contribution in [0.1, 0.15) is 12.0 Å². The van der Waals surface area contributed by atoms with Gasteiger partial charge in [0.05, 0.1) is 12.8 Å². The number of ether oxygens (including phenoxy) is 1. The van der Waals surface area contributed by atoms with Crippen molar-refractivity contribution in [3.63, 3.8) is 0 Å². The Bertz CT molecular complexity index is 643. The predicted molar refractivity (Wildman–Crippen MR) is 95.6 cm³/mol. The second-order valence-corrected chi connectivity index (χ2v) is 5.74. The Hall–Kier alpha value is -2.01. The number of methoxy groups -OCH3 is 1. The lowest BCUT2D eigenvalue weighted by Crippen LogP contribution is -2.23. The number of para-hydroxylation sites is 2. The molecule has 0 radical (unpaired) electrons. The smallest absolute Gasteiger partial charge is 0.193 e. The molecule has 0 fully saturated rings. The van der Waals surface area contributed by atoms with E-state index in [2.05, 4.69) is 38.4 Å². The average Bonchev–Trinajstić information content (AvgIpc) is 2.52. The van der Waals surface area contributed by atoms with E-state index in [1.807, 2.05) is 36.4 Å². The van der Waals surface area contributed by atoms with Gasteiger partial charge in [0.1, 0.15) is 5.75 Å². The van der Waals surface area contributed by atoms with Crippen molar-refractivity contribution in [3.05, 3.63) is 58.6 Å². The van der Waals surface area contributed by atoms with Crippen molar-refractivity contribution < 1.29 is 4.74 Å². The third kappa shape index (κ3) is 5.07. The van der Waals surface area contributed by atoms with Crippen molar-refractivity contribution in [1.82, 2.24) is 0 Å². The number of anilines is 1. The Morgan fingerprint density at radius 1 is 1.23 bits per heavy atom. The zero-order valence-electron chi connectivity index (χ0n) is 12.6. The molecule has 116 valence electrons. The average molecular weight is 362 g/mol. The van der Waals surface area contributed by atoms with Gasteiger partial charge in [-0.25, -0.2) is 0 Å². The van der Waals surface area contributed by atoms with E-state index in [9.17, 15) is 0 Å². The quantitative estimate of drug-likeness (QED) is 0.467. The highest BCUT2D eigenvalue weighted by Gasteiger charge is 2.02. The number of rotatable bonds is 6. The maximum absolute atomic E-state index is 5.91. The molecule has 0 atom stereocenters.